The Morgan fingerprint density at radius 2 is 2.06 bits per heavy atom. The predicted molar refractivity (Wildman–Crippen MR) is 55.2 cm³/mol. The molecule has 17 heavy (non-hydrogen) atoms. The molecule has 0 aliphatic carbocycles. The highest BCUT2D eigenvalue weighted by Gasteiger charge is 2.14. The fourth-order valence-electron chi connectivity index (χ4n) is 1.17. The molecule has 0 fully saturated rings. The van der Waals surface area contributed by atoms with Crippen LogP contribution in [0.3, 0.4) is 0 Å². The Morgan fingerprint density at radius 1 is 1.35 bits per heavy atom. The lowest BCUT2D eigenvalue weighted by atomic mass is 10.2. The van der Waals surface area contributed by atoms with Crippen LogP contribution in [0.1, 0.15) is 10.4 Å². The van der Waals surface area contributed by atoms with Gasteiger partial charge in [-0.2, -0.15) is 0 Å². The first kappa shape index (κ1) is 11.1. The molecule has 0 saturated heterocycles. The first-order chi connectivity index (χ1) is 8.20. The van der Waals surface area contributed by atoms with Crippen molar-refractivity contribution in [2.45, 2.75) is 0 Å². The third kappa shape index (κ3) is 2.39. The van der Waals surface area contributed by atoms with Gasteiger partial charge in [0.1, 0.15) is 5.82 Å². The van der Waals surface area contributed by atoms with Crippen molar-refractivity contribution in [2.75, 3.05) is 12.4 Å². The summed E-state index contributed by atoms with van der Waals surface area (Å²) in [6.07, 6.45) is 0. The molecule has 0 radical (unpaired) electrons. The van der Waals surface area contributed by atoms with E-state index in [4.69, 9.17) is 4.74 Å². The highest BCUT2D eigenvalue weighted by atomic mass is 19.1. The number of carbonyl (C=O) groups excluding carboxylic acids is 1. The quantitative estimate of drug-likeness (QED) is 0.874. The number of ether oxygens (including phenoxy) is 1. The maximum atomic E-state index is 12.7. The Balaban J connectivity index is 2.14. The second-order valence-electron chi connectivity index (χ2n) is 3.08. The Labute approximate surface area is 95.3 Å². The molecule has 1 aromatic carbocycles. The molecule has 0 bridgehead atoms. The van der Waals surface area contributed by atoms with Crippen LogP contribution < -0.4 is 10.1 Å². The van der Waals surface area contributed by atoms with E-state index in [1.807, 2.05) is 0 Å². The van der Waals surface area contributed by atoms with Gasteiger partial charge in [-0.3, -0.25) is 10.1 Å². The SMILES string of the molecule is COc1nonc1NC(=O)c1ccc(F)cc1. The van der Waals surface area contributed by atoms with Crippen LogP contribution in [0, 0.1) is 5.82 Å². The number of nitrogens with one attached hydrogen (secondary N) is 1. The summed E-state index contributed by atoms with van der Waals surface area (Å²) in [6.45, 7) is 0. The summed E-state index contributed by atoms with van der Waals surface area (Å²) in [6, 6.07) is 5.08. The molecular weight excluding hydrogens is 229 g/mol. The highest BCUT2D eigenvalue weighted by molar-refractivity contribution is 6.04. The molecule has 0 spiro atoms. The van der Waals surface area contributed by atoms with E-state index in [9.17, 15) is 9.18 Å². The average molecular weight is 237 g/mol. The molecule has 0 unspecified atom stereocenters. The molecule has 1 aromatic heterocycles. The van der Waals surface area contributed by atoms with Gasteiger partial charge in [-0.15, -0.1) is 0 Å². The smallest absolute Gasteiger partial charge is 0.300 e. The number of hydrogen-bond acceptors (Lipinski definition) is 5. The summed E-state index contributed by atoms with van der Waals surface area (Å²) in [5.41, 5.74) is 0.288. The lowest BCUT2D eigenvalue weighted by Gasteiger charge is -2.01. The number of carbonyl (C=O) groups is 1. The molecule has 7 heteroatoms. The van der Waals surface area contributed by atoms with Crippen molar-refractivity contribution < 1.29 is 18.6 Å². The third-order valence-electron chi connectivity index (χ3n) is 1.99. The number of aromatic nitrogens is 2. The molecule has 2 rings (SSSR count). The third-order valence-corrected chi connectivity index (χ3v) is 1.99. The first-order valence-corrected chi connectivity index (χ1v) is 4.64. The average Bonchev–Trinajstić information content (AvgIpc) is 2.77. The molecule has 0 aliphatic rings. The van der Waals surface area contributed by atoms with Crippen molar-refractivity contribution in [2.24, 2.45) is 0 Å². The van der Waals surface area contributed by atoms with Gasteiger partial charge in [-0.05, 0) is 34.6 Å². The van der Waals surface area contributed by atoms with Crippen molar-refractivity contribution >= 4 is 11.7 Å². The number of rotatable bonds is 3. The largest absolute Gasteiger partial charge is 0.476 e. The van der Waals surface area contributed by atoms with Crippen molar-refractivity contribution in [3.8, 4) is 5.88 Å². The summed E-state index contributed by atoms with van der Waals surface area (Å²) < 4.78 is 21.8. The van der Waals surface area contributed by atoms with E-state index in [2.05, 4.69) is 20.3 Å². The van der Waals surface area contributed by atoms with Gasteiger partial charge in [0.15, 0.2) is 0 Å². The minimum absolute atomic E-state index is 0.0699. The van der Waals surface area contributed by atoms with Crippen LogP contribution in [0.4, 0.5) is 10.2 Å². The second kappa shape index (κ2) is 4.60. The molecule has 0 atom stereocenters. The van der Waals surface area contributed by atoms with Crippen LogP contribution in [-0.2, 0) is 0 Å². The lowest BCUT2D eigenvalue weighted by molar-refractivity contribution is 0.102. The van der Waals surface area contributed by atoms with E-state index >= 15 is 0 Å². The highest BCUT2D eigenvalue weighted by Crippen LogP contribution is 2.18. The zero-order valence-electron chi connectivity index (χ0n) is 8.81. The second-order valence-corrected chi connectivity index (χ2v) is 3.08. The van der Waals surface area contributed by atoms with Crippen LogP contribution in [0.15, 0.2) is 28.9 Å². The number of methoxy groups -OCH3 is 1. The van der Waals surface area contributed by atoms with Crippen molar-refractivity contribution in [1.29, 1.82) is 0 Å². The van der Waals surface area contributed by atoms with Gasteiger partial charge in [-0.1, -0.05) is 0 Å². The van der Waals surface area contributed by atoms with Crippen LogP contribution in [0.25, 0.3) is 0 Å². The zero-order chi connectivity index (χ0) is 12.3. The van der Waals surface area contributed by atoms with Crippen LogP contribution in [0.5, 0.6) is 5.88 Å². The molecule has 0 saturated carbocycles. The van der Waals surface area contributed by atoms with Crippen molar-refractivity contribution in [3.05, 3.63) is 35.6 Å². The van der Waals surface area contributed by atoms with Gasteiger partial charge < -0.3 is 4.74 Å². The van der Waals surface area contributed by atoms with Crippen LogP contribution in [-0.4, -0.2) is 23.3 Å². The number of halogens is 1. The summed E-state index contributed by atoms with van der Waals surface area (Å²) in [4.78, 5) is 11.7. The molecule has 88 valence electrons. The number of anilines is 1. The summed E-state index contributed by atoms with van der Waals surface area (Å²) >= 11 is 0. The van der Waals surface area contributed by atoms with Gasteiger partial charge in [0.2, 0.25) is 5.82 Å². The van der Waals surface area contributed by atoms with E-state index in [-0.39, 0.29) is 17.3 Å². The van der Waals surface area contributed by atoms with Gasteiger partial charge in [-0.25, -0.2) is 9.02 Å². The van der Waals surface area contributed by atoms with Crippen molar-refractivity contribution in [3.63, 3.8) is 0 Å². The van der Waals surface area contributed by atoms with Crippen molar-refractivity contribution in [1.82, 2.24) is 10.3 Å². The first-order valence-electron chi connectivity index (χ1n) is 4.64. The van der Waals surface area contributed by atoms with E-state index in [1.54, 1.807) is 0 Å². The Hall–Kier alpha value is -2.44. The molecular formula is C10H8FN3O3. The maximum absolute atomic E-state index is 12.7. The molecule has 0 aliphatic heterocycles. The van der Waals surface area contributed by atoms with Crippen LogP contribution in [0.2, 0.25) is 0 Å². The normalized spacial score (nSPS) is 10.0. The minimum atomic E-state index is -0.459. The molecule has 2 aromatic rings. The van der Waals surface area contributed by atoms with E-state index in [1.165, 1.54) is 31.4 Å². The number of benzene rings is 1. The number of amides is 1. The lowest BCUT2D eigenvalue weighted by Crippen LogP contribution is -2.12. The van der Waals surface area contributed by atoms with Gasteiger partial charge >= 0.3 is 5.88 Å². The molecule has 1 heterocycles. The molecule has 1 amide bonds. The minimum Gasteiger partial charge on any atom is -0.476 e. The summed E-state index contributed by atoms with van der Waals surface area (Å²) in [5.74, 6) is -0.733. The fourth-order valence-corrected chi connectivity index (χ4v) is 1.17. The van der Waals surface area contributed by atoms with Gasteiger partial charge in [0.05, 0.1) is 7.11 Å². The molecule has 1 N–H and O–H groups in total. The summed E-state index contributed by atoms with van der Waals surface area (Å²) in [7, 11) is 1.37. The zero-order valence-corrected chi connectivity index (χ0v) is 8.81. The Morgan fingerprint density at radius 3 is 2.71 bits per heavy atom. The van der Waals surface area contributed by atoms with Crippen LogP contribution >= 0.6 is 0 Å². The maximum Gasteiger partial charge on any atom is 0.300 e. The Bertz CT molecular complexity index is 524. The fraction of sp³-hybridized carbons (Fsp3) is 0.100. The predicted octanol–water partition coefficient (Wildman–Crippen LogP) is 1.47. The van der Waals surface area contributed by atoms with E-state index in [0.29, 0.717) is 0 Å². The van der Waals surface area contributed by atoms with E-state index < -0.39 is 11.7 Å². The summed E-state index contributed by atoms with van der Waals surface area (Å²) in [5, 5.41) is 9.29. The molecule has 6 nitrogen and oxygen atoms in total. The standard InChI is InChI=1S/C10H8FN3O3/c1-16-10-8(13-17-14-10)12-9(15)6-2-4-7(11)5-3-6/h2-5H,1H3,(H,12,13,15). The monoisotopic (exact) mass is 237 g/mol. The topological polar surface area (TPSA) is 77.2 Å². The number of hydrogen-bond donors (Lipinski definition) is 1. The number of nitrogens with zero attached hydrogens (tertiary/aromatic N) is 2. The van der Waals surface area contributed by atoms with Gasteiger partial charge in [0, 0.05) is 5.56 Å². The van der Waals surface area contributed by atoms with E-state index in [0.717, 1.165) is 0 Å². The van der Waals surface area contributed by atoms with Gasteiger partial charge in [0.25, 0.3) is 5.91 Å². The Kier molecular flexibility index (Phi) is 2.99.